The molecule has 2 nitrogen and oxygen atoms in total. The summed E-state index contributed by atoms with van der Waals surface area (Å²) in [6.07, 6.45) is 0.865. The molecule has 0 radical (unpaired) electrons. The molecule has 1 heterocycles. The molecule has 0 saturated heterocycles. The molecule has 20 heavy (non-hydrogen) atoms. The minimum absolute atomic E-state index is 0.0934. The van der Waals surface area contributed by atoms with E-state index < -0.39 is 0 Å². The standard InChI is InChI=1S/C17H18FNO/c1-12-4-2-3-5-13(12)10-19-11-16-9-14-8-15(18)6-7-17(14)20-16/h2-8,16,19H,9-11H2,1H3. The third-order valence-corrected chi connectivity index (χ3v) is 3.71. The second kappa shape index (κ2) is 5.63. The fourth-order valence-corrected chi connectivity index (χ4v) is 2.58. The van der Waals surface area contributed by atoms with Crippen molar-refractivity contribution in [3.8, 4) is 5.75 Å². The topological polar surface area (TPSA) is 21.3 Å². The Hall–Kier alpha value is -1.87. The molecular formula is C17H18FNO. The van der Waals surface area contributed by atoms with Gasteiger partial charge in [-0.05, 0) is 36.2 Å². The van der Waals surface area contributed by atoms with Crippen molar-refractivity contribution in [1.82, 2.24) is 5.32 Å². The summed E-state index contributed by atoms with van der Waals surface area (Å²) in [5, 5.41) is 3.42. The molecule has 0 aromatic heterocycles. The Kier molecular flexibility index (Phi) is 3.70. The summed E-state index contributed by atoms with van der Waals surface area (Å²) in [4.78, 5) is 0. The van der Waals surface area contributed by atoms with Crippen LogP contribution in [0.2, 0.25) is 0 Å². The molecule has 1 unspecified atom stereocenters. The number of aryl methyl sites for hydroxylation is 1. The first-order chi connectivity index (χ1) is 9.72. The van der Waals surface area contributed by atoms with Gasteiger partial charge in [-0.3, -0.25) is 0 Å². The van der Waals surface area contributed by atoms with Crippen LogP contribution >= 0.6 is 0 Å². The highest BCUT2D eigenvalue weighted by Crippen LogP contribution is 2.28. The number of rotatable bonds is 4. The monoisotopic (exact) mass is 271 g/mol. The maximum absolute atomic E-state index is 13.1. The first-order valence-corrected chi connectivity index (χ1v) is 6.92. The van der Waals surface area contributed by atoms with Crippen molar-refractivity contribution in [3.63, 3.8) is 0 Å². The zero-order valence-electron chi connectivity index (χ0n) is 11.5. The Morgan fingerprint density at radius 2 is 2.10 bits per heavy atom. The molecule has 0 amide bonds. The third kappa shape index (κ3) is 2.83. The van der Waals surface area contributed by atoms with E-state index in [0.29, 0.717) is 0 Å². The van der Waals surface area contributed by atoms with Gasteiger partial charge in [0, 0.05) is 25.1 Å². The molecule has 1 aliphatic heterocycles. The minimum Gasteiger partial charge on any atom is -0.488 e. The average molecular weight is 271 g/mol. The SMILES string of the molecule is Cc1ccccc1CNCC1Cc2cc(F)ccc2O1. The van der Waals surface area contributed by atoms with Crippen LogP contribution in [0.25, 0.3) is 0 Å². The van der Waals surface area contributed by atoms with E-state index in [1.807, 2.05) is 6.07 Å². The molecule has 0 fully saturated rings. The van der Waals surface area contributed by atoms with Gasteiger partial charge in [-0.25, -0.2) is 4.39 Å². The van der Waals surface area contributed by atoms with E-state index in [1.54, 1.807) is 12.1 Å². The van der Waals surface area contributed by atoms with Gasteiger partial charge in [0.25, 0.3) is 0 Å². The van der Waals surface area contributed by atoms with Crippen molar-refractivity contribution in [2.24, 2.45) is 0 Å². The summed E-state index contributed by atoms with van der Waals surface area (Å²) in [6.45, 7) is 3.71. The zero-order valence-corrected chi connectivity index (χ0v) is 11.5. The normalized spacial score (nSPS) is 16.8. The van der Waals surface area contributed by atoms with Crippen molar-refractivity contribution in [1.29, 1.82) is 0 Å². The van der Waals surface area contributed by atoms with E-state index in [2.05, 4.69) is 30.4 Å². The molecule has 2 aromatic carbocycles. The molecule has 2 aromatic rings. The smallest absolute Gasteiger partial charge is 0.123 e. The van der Waals surface area contributed by atoms with E-state index in [-0.39, 0.29) is 11.9 Å². The average Bonchev–Trinajstić information content (AvgIpc) is 2.83. The van der Waals surface area contributed by atoms with E-state index in [9.17, 15) is 4.39 Å². The highest BCUT2D eigenvalue weighted by atomic mass is 19.1. The molecule has 1 atom stereocenters. The Labute approximate surface area is 118 Å². The molecule has 3 heteroatoms. The molecule has 0 bridgehead atoms. The summed E-state index contributed by atoms with van der Waals surface area (Å²) in [5.74, 6) is 0.620. The predicted octanol–water partition coefficient (Wildman–Crippen LogP) is 3.23. The molecule has 104 valence electrons. The summed E-state index contributed by atoms with van der Waals surface area (Å²) < 4.78 is 18.9. The van der Waals surface area contributed by atoms with Crippen LogP contribution in [0.5, 0.6) is 5.75 Å². The number of halogens is 1. The fourth-order valence-electron chi connectivity index (χ4n) is 2.58. The predicted molar refractivity (Wildman–Crippen MR) is 77.4 cm³/mol. The van der Waals surface area contributed by atoms with Gasteiger partial charge in [0.05, 0.1) is 0 Å². The van der Waals surface area contributed by atoms with Crippen LogP contribution in [0.15, 0.2) is 42.5 Å². The molecule has 0 spiro atoms. The van der Waals surface area contributed by atoms with E-state index >= 15 is 0 Å². The number of fused-ring (bicyclic) bond motifs is 1. The van der Waals surface area contributed by atoms with E-state index in [0.717, 1.165) is 30.8 Å². The maximum Gasteiger partial charge on any atom is 0.123 e. The summed E-state index contributed by atoms with van der Waals surface area (Å²) in [7, 11) is 0. The highest BCUT2D eigenvalue weighted by molar-refractivity contribution is 5.38. The van der Waals surface area contributed by atoms with Crippen LogP contribution in [0.4, 0.5) is 4.39 Å². The lowest BCUT2D eigenvalue weighted by Crippen LogP contribution is -2.29. The first-order valence-electron chi connectivity index (χ1n) is 6.92. The van der Waals surface area contributed by atoms with Crippen molar-refractivity contribution in [2.45, 2.75) is 26.0 Å². The van der Waals surface area contributed by atoms with E-state index in [4.69, 9.17) is 4.74 Å². The fraction of sp³-hybridized carbons (Fsp3) is 0.294. The number of nitrogens with one attached hydrogen (secondary N) is 1. The number of hydrogen-bond donors (Lipinski definition) is 1. The lowest BCUT2D eigenvalue weighted by atomic mass is 10.1. The summed E-state index contributed by atoms with van der Waals surface area (Å²) in [5.41, 5.74) is 3.56. The van der Waals surface area contributed by atoms with Gasteiger partial charge in [-0.1, -0.05) is 24.3 Å². The van der Waals surface area contributed by atoms with Crippen LogP contribution < -0.4 is 10.1 Å². The van der Waals surface area contributed by atoms with Crippen molar-refractivity contribution in [3.05, 3.63) is 65.0 Å². The lowest BCUT2D eigenvalue weighted by Gasteiger charge is -2.12. The summed E-state index contributed by atoms with van der Waals surface area (Å²) >= 11 is 0. The van der Waals surface area contributed by atoms with Crippen molar-refractivity contribution >= 4 is 0 Å². The Bertz CT molecular complexity index is 612. The van der Waals surface area contributed by atoms with Gasteiger partial charge < -0.3 is 10.1 Å². The second-order valence-corrected chi connectivity index (χ2v) is 5.25. The van der Waals surface area contributed by atoms with Gasteiger partial charge >= 0.3 is 0 Å². The lowest BCUT2D eigenvalue weighted by molar-refractivity contribution is 0.227. The van der Waals surface area contributed by atoms with Crippen LogP contribution in [0.3, 0.4) is 0 Å². The molecule has 1 N–H and O–H groups in total. The number of hydrogen-bond acceptors (Lipinski definition) is 2. The van der Waals surface area contributed by atoms with Crippen molar-refractivity contribution in [2.75, 3.05) is 6.54 Å². The maximum atomic E-state index is 13.1. The minimum atomic E-state index is -0.194. The van der Waals surface area contributed by atoms with Gasteiger partial charge in [-0.15, -0.1) is 0 Å². The number of benzene rings is 2. The van der Waals surface area contributed by atoms with Crippen LogP contribution in [-0.2, 0) is 13.0 Å². The van der Waals surface area contributed by atoms with Gasteiger partial charge in [0.1, 0.15) is 17.7 Å². The molecule has 3 rings (SSSR count). The number of ether oxygens (including phenoxy) is 1. The Morgan fingerprint density at radius 1 is 1.25 bits per heavy atom. The van der Waals surface area contributed by atoms with Gasteiger partial charge in [0.15, 0.2) is 0 Å². The zero-order chi connectivity index (χ0) is 13.9. The van der Waals surface area contributed by atoms with Crippen LogP contribution in [0.1, 0.15) is 16.7 Å². The van der Waals surface area contributed by atoms with Crippen LogP contribution in [-0.4, -0.2) is 12.6 Å². The third-order valence-electron chi connectivity index (χ3n) is 3.71. The Morgan fingerprint density at radius 3 is 2.95 bits per heavy atom. The second-order valence-electron chi connectivity index (χ2n) is 5.25. The molecule has 0 saturated carbocycles. The quantitative estimate of drug-likeness (QED) is 0.922. The largest absolute Gasteiger partial charge is 0.488 e. The summed E-state index contributed by atoms with van der Waals surface area (Å²) in [6, 6.07) is 13.1. The molecule has 0 aliphatic carbocycles. The van der Waals surface area contributed by atoms with Gasteiger partial charge in [-0.2, -0.15) is 0 Å². The van der Waals surface area contributed by atoms with Gasteiger partial charge in [0.2, 0.25) is 0 Å². The van der Waals surface area contributed by atoms with Crippen LogP contribution in [0, 0.1) is 12.7 Å². The molecule has 1 aliphatic rings. The van der Waals surface area contributed by atoms with Crippen molar-refractivity contribution < 1.29 is 9.13 Å². The Balaban J connectivity index is 1.53. The molecular weight excluding hydrogens is 253 g/mol. The first kappa shape index (κ1) is 13.1. The highest BCUT2D eigenvalue weighted by Gasteiger charge is 2.22. The van der Waals surface area contributed by atoms with E-state index in [1.165, 1.54) is 17.2 Å².